The maximum atomic E-state index is 12.6. The summed E-state index contributed by atoms with van der Waals surface area (Å²) in [7, 11) is 0. The van der Waals surface area contributed by atoms with Crippen LogP contribution in [0.4, 0.5) is 5.69 Å². The second-order valence-electron chi connectivity index (χ2n) is 7.90. The number of nitrogens with zero attached hydrogens (tertiary/aromatic N) is 3. The van der Waals surface area contributed by atoms with Gasteiger partial charge in [-0.05, 0) is 85.5 Å². The Bertz CT molecular complexity index is 1020. The molecule has 0 spiro atoms. The summed E-state index contributed by atoms with van der Waals surface area (Å²) in [5.41, 5.74) is 3.99. The van der Waals surface area contributed by atoms with E-state index in [1.54, 1.807) is 6.07 Å². The van der Waals surface area contributed by atoms with Crippen molar-refractivity contribution in [1.29, 1.82) is 0 Å². The third-order valence-corrected chi connectivity index (χ3v) is 6.70. The highest BCUT2D eigenvalue weighted by Gasteiger charge is 2.15. The Kier molecular flexibility index (Phi) is 6.39. The number of halogens is 1. The van der Waals surface area contributed by atoms with E-state index in [0.717, 1.165) is 28.1 Å². The third kappa shape index (κ3) is 4.84. The number of anilines is 1. The van der Waals surface area contributed by atoms with Gasteiger partial charge in [0, 0.05) is 12.2 Å². The number of furan rings is 1. The average Bonchev–Trinajstić information content (AvgIpc) is 3.31. The molecule has 2 aromatic heterocycles. The molecule has 1 aliphatic rings. The Morgan fingerprint density at radius 2 is 1.80 bits per heavy atom. The Morgan fingerprint density at radius 3 is 2.47 bits per heavy atom. The van der Waals surface area contributed by atoms with Crippen molar-refractivity contribution in [1.82, 2.24) is 14.7 Å². The van der Waals surface area contributed by atoms with Gasteiger partial charge in [0.05, 0.1) is 22.4 Å². The second-order valence-corrected chi connectivity index (χ2v) is 8.69. The lowest BCUT2D eigenvalue weighted by Gasteiger charge is -2.26. The van der Waals surface area contributed by atoms with E-state index >= 15 is 0 Å². The monoisotopic (exact) mass is 470 g/mol. The lowest BCUT2D eigenvalue weighted by Crippen LogP contribution is -2.29. The minimum absolute atomic E-state index is 0.250. The number of aromatic nitrogens is 2. The zero-order valence-electron chi connectivity index (χ0n) is 17.4. The Labute approximate surface area is 185 Å². The Hall–Kier alpha value is -2.38. The first-order valence-electron chi connectivity index (χ1n) is 10.4. The fourth-order valence-electron chi connectivity index (χ4n) is 3.82. The zero-order valence-corrected chi connectivity index (χ0v) is 19.0. The maximum Gasteiger partial charge on any atom is 0.291 e. The van der Waals surface area contributed by atoms with Gasteiger partial charge in [0.15, 0.2) is 5.76 Å². The number of likely N-dealkylation sites (tertiary alicyclic amines) is 1. The van der Waals surface area contributed by atoms with Crippen molar-refractivity contribution >= 4 is 27.5 Å². The minimum atomic E-state index is -0.250. The molecule has 6 nitrogen and oxygen atoms in total. The van der Waals surface area contributed by atoms with Gasteiger partial charge in [-0.15, -0.1) is 0 Å². The molecule has 0 saturated carbocycles. The van der Waals surface area contributed by atoms with Crippen molar-refractivity contribution in [3.05, 3.63) is 69.3 Å². The van der Waals surface area contributed by atoms with E-state index in [2.05, 4.69) is 43.4 Å². The number of benzene rings is 1. The molecule has 30 heavy (non-hydrogen) atoms. The number of piperidine rings is 1. The van der Waals surface area contributed by atoms with Gasteiger partial charge in [-0.1, -0.05) is 18.6 Å². The molecule has 0 atom stereocenters. The SMILES string of the molecule is Cc1nn(Cc2ccc(C(=O)Nc3ccc(CN4CCCCC4)cc3)o2)c(C)c1Br. The zero-order chi connectivity index (χ0) is 21.1. The van der Waals surface area contributed by atoms with E-state index in [1.807, 2.05) is 36.7 Å². The Balaban J connectivity index is 1.35. The van der Waals surface area contributed by atoms with Gasteiger partial charge < -0.3 is 9.73 Å². The molecule has 3 aromatic rings. The Morgan fingerprint density at radius 1 is 1.07 bits per heavy atom. The second kappa shape index (κ2) is 9.18. The molecule has 158 valence electrons. The molecule has 0 aliphatic carbocycles. The fraction of sp³-hybridized carbons (Fsp3) is 0.391. The number of amides is 1. The molecule has 0 radical (unpaired) electrons. The fourth-order valence-corrected chi connectivity index (χ4v) is 4.11. The predicted molar refractivity (Wildman–Crippen MR) is 121 cm³/mol. The molecule has 1 aromatic carbocycles. The normalized spacial score (nSPS) is 14.8. The van der Waals surface area contributed by atoms with Crippen LogP contribution in [-0.4, -0.2) is 33.7 Å². The van der Waals surface area contributed by atoms with Crippen LogP contribution in [0.25, 0.3) is 0 Å². The van der Waals surface area contributed by atoms with Crippen molar-refractivity contribution in [2.75, 3.05) is 18.4 Å². The third-order valence-electron chi connectivity index (χ3n) is 5.55. The van der Waals surface area contributed by atoms with Crippen molar-refractivity contribution in [3.63, 3.8) is 0 Å². The van der Waals surface area contributed by atoms with Crippen LogP contribution in [0.1, 0.15) is 52.5 Å². The summed E-state index contributed by atoms with van der Waals surface area (Å²) in [6.07, 6.45) is 3.92. The summed E-state index contributed by atoms with van der Waals surface area (Å²) < 4.78 is 8.61. The standard InChI is InChI=1S/C23H27BrN4O2/c1-16-22(24)17(2)28(26-16)15-20-10-11-21(30-20)23(29)25-19-8-6-18(7-9-19)14-27-12-4-3-5-13-27/h6-11H,3-5,12-15H2,1-2H3,(H,25,29). The first-order valence-corrected chi connectivity index (χ1v) is 11.2. The summed E-state index contributed by atoms with van der Waals surface area (Å²) in [4.78, 5) is 15.1. The van der Waals surface area contributed by atoms with E-state index in [-0.39, 0.29) is 5.91 Å². The van der Waals surface area contributed by atoms with E-state index < -0.39 is 0 Å². The number of nitrogens with one attached hydrogen (secondary N) is 1. The van der Waals surface area contributed by atoms with Crippen LogP contribution in [0.15, 0.2) is 45.3 Å². The van der Waals surface area contributed by atoms with Crippen molar-refractivity contribution in [3.8, 4) is 0 Å². The largest absolute Gasteiger partial charge is 0.454 e. The predicted octanol–water partition coefficient (Wildman–Crippen LogP) is 5.14. The van der Waals surface area contributed by atoms with Gasteiger partial charge >= 0.3 is 0 Å². The number of hydrogen-bond acceptors (Lipinski definition) is 4. The van der Waals surface area contributed by atoms with E-state index in [1.165, 1.54) is 37.9 Å². The van der Waals surface area contributed by atoms with Crippen LogP contribution < -0.4 is 5.32 Å². The minimum Gasteiger partial charge on any atom is -0.454 e. The van der Waals surface area contributed by atoms with E-state index in [0.29, 0.717) is 18.1 Å². The summed E-state index contributed by atoms with van der Waals surface area (Å²) in [6.45, 7) is 7.75. The number of hydrogen-bond donors (Lipinski definition) is 1. The van der Waals surface area contributed by atoms with Gasteiger partial charge in [0.1, 0.15) is 5.76 Å². The molecule has 1 amide bonds. The highest BCUT2D eigenvalue weighted by Crippen LogP contribution is 2.21. The lowest BCUT2D eigenvalue weighted by molar-refractivity contribution is 0.0994. The first-order chi connectivity index (χ1) is 14.5. The van der Waals surface area contributed by atoms with Crippen LogP contribution in [0.3, 0.4) is 0 Å². The average molecular weight is 471 g/mol. The molecule has 3 heterocycles. The van der Waals surface area contributed by atoms with Crippen molar-refractivity contribution in [2.24, 2.45) is 0 Å². The van der Waals surface area contributed by atoms with Crippen molar-refractivity contribution in [2.45, 2.75) is 46.2 Å². The molecule has 1 N–H and O–H groups in total. The van der Waals surface area contributed by atoms with E-state index in [4.69, 9.17) is 4.42 Å². The van der Waals surface area contributed by atoms with Crippen LogP contribution >= 0.6 is 15.9 Å². The molecular weight excluding hydrogens is 444 g/mol. The van der Waals surface area contributed by atoms with Gasteiger partial charge in [0.2, 0.25) is 0 Å². The van der Waals surface area contributed by atoms with Gasteiger partial charge in [-0.3, -0.25) is 14.4 Å². The van der Waals surface area contributed by atoms with Crippen molar-refractivity contribution < 1.29 is 9.21 Å². The molecule has 1 aliphatic heterocycles. The molecule has 0 bridgehead atoms. The molecule has 1 saturated heterocycles. The lowest BCUT2D eigenvalue weighted by atomic mass is 10.1. The summed E-state index contributed by atoms with van der Waals surface area (Å²) >= 11 is 3.53. The van der Waals surface area contributed by atoms with Crippen LogP contribution in [0.5, 0.6) is 0 Å². The quantitative estimate of drug-likeness (QED) is 0.541. The molecule has 7 heteroatoms. The first kappa shape index (κ1) is 20.9. The number of rotatable bonds is 6. The van der Waals surface area contributed by atoms with Crippen LogP contribution in [0.2, 0.25) is 0 Å². The smallest absolute Gasteiger partial charge is 0.291 e. The highest BCUT2D eigenvalue weighted by atomic mass is 79.9. The summed E-state index contributed by atoms with van der Waals surface area (Å²) in [6, 6.07) is 11.6. The van der Waals surface area contributed by atoms with Gasteiger partial charge in [-0.25, -0.2) is 0 Å². The van der Waals surface area contributed by atoms with E-state index in [9.17, 15) is 4.79 Å². The molecule has 0 unspecified atom stereocenters. The summed E-state index contributed by atoms with van der Waals surface area (Å²) in [5.74, 6) is 0.734. The highest BCUT2D eigenvalue weighted by molar-refractivity contribution is 9.10. The number of aryl methyl sites for hydroxylation is 1. The topological polar surface area (TPSA) is 63.3 Å². The van der Waals surface area contributed by atoms with Crippen LogP contribution in [0, 0.1) is 13.8 Å². The molecular formula is C23H27BrN4O2. The molecule has 1 fully saturated rings. The summed E-state index contributed by atoms with van der Waals surface area (Å²) in [5, 5.41) is 7.40. The number of carbonyl (C=O) groups excluding carboxylic acids is 1. The van der Waals surface area contributed by atoms with Gasteiger partial charge in [-0.2, -0.15) is 5.10 Å². The number of carbonyl (C=O) groups is 1. The maximum absolute atomic E-state index is 12.6. The van der Waals surface area contributed by atoms with Gasteiger partial charge in [0.25, 0.3) is 5.91 Å². The van der Waals surface area contributed by atoms with Crippen LogP contribution in [-0.2, 0) is 13.1 Å². The molecule has 4 rings (SSSR count).